The van der Waals surface area contributed by atoms with Crippen LogP contribution in [0.5, 0.6) is 0 Å². The third kappa shape index (κ3) is 3.38. The third-order valence-corrected chi connectivity index (χ3v) is 7.87. The molecule has 1 aliphatic carbocycles. The number of pyridine rings is 1. The molecule has 144 valence electrons. The lowest BCUT2D eigenvalue weighted by atomic mass is 10.1. The summed E-state index contributed by atoms with van der Waals surface area (Å²) in [6.07, 6.45) is 3.99. The Morgan fingerprint density at radius 2 is 1.96 bits per heavy atom. The average Bonchev–Trinajstić information content (AvgIpc) is 2.72. The van der Waals surface area contributed by atoms with Crippen LogP contribution < -0.4 is 16.2 Å². The van der Waals surface area contributed by atoms with Crippen LogP contribution in [0.3, 0.4) is 0 Å². The minimum Gasteiger partial charge on any atom is -0.402 e. The van der Waals surface area contributed by atoms with E-state index in [0.717, 1.165) is 48.6 Å². The Kier molecular flexibility index (Phi) is 4.74. The van der Waals surface area contributed by atoms with Gasteiger partial charge in [0.05, 0.1) is 18.9 Å². The number of H-pyrrole nitrogens is 1. The van der Waals surface area contributed by atoms with Gasteiger partial charge in [-0.15, -0.1) is 0 Å². The van der Waals surface area contributed by atoms with Crippen LogP contribution in [0.1, 0.15) is 12.8 Å². The van der Waals surface area contributed by atoms with Crippen LogP contribution in [-0.2, 0) is 4.74 Å². The number of benzene rings is 1. The number of nitrogens with zero attached hydrogens (tertiary/aromatic N) is 1. The minimum atomic E-state index is -0.0710. The zero-order chi connectivity index (χ0) is 19.1. The number of aromatic amines is 1. The Balaban J connectivity index is 1.55. The van der Waals surface area contributed by atoms with Crippen LogP contribution in [0.2, 0.25) is 0 Å². The number of thioether (sulfide) groups is 2. The fourth-order valence-electron chi connectivity index (χ4n) is 3.72. The normalized spacial score (nSPS) is 19.1. The molecule has 3 heterocycles. The Morgan fingerprint density at radius 3 is 2.82 bits per heavy atom. The Morgan fingerprint density at radius 1 is 1.11 bits per heavy atom. The van der Waals surface area contributed by atoms with E-state index in [4.69, 9.17) is 10.5 Å². The first kappa shape index (κ1) is 18.0. The molecule has 7 heteroatoms. The number of fused-ring (bicyclic) bond motifs is 1. The predicted molar refractivity (Wildman–Crippen MR) is 116 cm³/mol. The zero-order valence-corrected chi connectivity index (χ0v) is 17.0. The molecule has 0 saturated carbocycles. The molecule has 3 aliphatic rings. The van der Waals surface area contributed by atoms with E-state index in [1.54, 1.807) is 17.8 Å². The van der Waals surface area contributed by atoms with Gasteiger partial charge in [0.15, 0.2) is 0 Å². The van der Waals surface area contributed by atoms with E-state index in [1.165, 1.54) is 19.6 Å². The maximum atomic E-state index is 12.4. The molecule has 1 aromatic heterocycles. The Labute approximate surface area is 172 Å². The first-order valence-corrected chi connectivity index (χ1v) is 11.1. The maximum Gasteiger partial charge on any atom is 0.250 e. The van der Waals surface area contributed by atoms with Crippen molar-refractivity contribution in [2.75, 3.05) is 31.2 Å². The van der Waals surface area contributed by atoms with Crippen molar-refractivity contribution >= 4 is 29.2 Å². The van der Waals surface area contributed by atoms with Gasteiger partial charge in [-0.25, -0.2) is 0 Å². The number of nitrogens with two attached hydrogens (primary N) is 1. The first-order valence-electron chi connectivity index (χ1n) is 9.43. The topological polar surface area (TPSA) is 71.3 Å². The molecule has 0 amide bonds. The van der Waals surface area contributed by atoms with Gasteiger partial charge in [0, 0.05) is 55.7 Å². The van der Waals surface area contributed by atoms with E-state index in [9.17, 15) is 4.79 Å². The summed E-state index contributed by atoms with van der Waals surface area (Å²) in [5.74, 6) is 0. The lowest BCUT2D eigenvalue weighted by Gasteiger charge is -2.29. The molecule has 0 radical (unpaired) electrons. The van der Waals surface area contributed by atoms with E-state index in [2.05, 4.69) is 40.2 Å². The minimum absolute atomic E-state index is 0.0710. The van der Waals surface area contributed by atoms with E-state index < -0.39 is 0 Å². The Hall–Kier alpha value is -2.09. The smallest absolute Gasteiger partial charge is 0.250 e. The summed E-state index contributed by atoms with van der Waals surface area (Å²) in [6, 6.07) is 10.1. The lowest BCUT2D eigenvalue weighted by Crippen LogP contribution is -2.36. The van der Waals surface area contributed by atoms with E-state index in [0.29, 0.717) is 13.2 Å². The lowest BCUT2D eigenvalue weighted by molar-refractivity contribution is 0.122. The summed E-state index contributed by atoms with van der Waals surface area (Å²) in [7, 11) is 0. The molecular weight excluding hydrogens is 390 g/mol. The molecule has 5 nitrogen and oxygen atoms in total. The molecule has 2 aliphatic heterocycles. The maximum absolute atomic E-state index is 12.4. The van der Waals surface area contributed by atoms with Crippen LogP contribution >= 0.6 is 23.5 Å². The standard InChI is InChI=1S/C21H21N3O2S2/c22-13-4-5-17-19(10-13)27-18-3-1-2-15(21(18)28-17)16-11-14(12-20(25)23-16)24-6-8-26-9-7-24/h1-3,10-12H,4-9,22H2,(H,23,25). The van der Waals surface area contributed by atoms with Crippen LogP contribution in [0.25, 0.3) is 11.3 Å². The summed E-state index contributed by atoms with van der Waals surface area (Å²) in [5, 5.41) is 0. The molecule has 5 rings (SSSR count). The SMILES string of the molecule is NC1=CC2=C(CC1)Sc1c(cccc1-c1cc(N3CCOCC3)cc(=O)[nH]1)S2. The molecule has 28 heavy (non-hydrogen) atoms. The highest BCUT2D eigenvalue weighted by atomic mass is 32.2. The van der Waals surface area contributed by atoms with Crippen LogP contribution in [0.4, 0.5) is 5.69 Å². The van der Waals surface area contributed by atoms with Crippen molar-refractivity contribution in [3.05, 3.63) is 62.3 Å². The first-order chi connectivity index (χ1) is 13.7. The van der Waals surface area contributed by atoms with Gasteiger partial charge < -0.3 is 20.4 Å². The fourth-order valence-corrected chi connectivity index (χ4v) is 6.30. The molecule has 1 aromatic carbocycles. The zero-order valence-electron chi connectivity index (χ0n) is 15.4. The molecule has 1 saturated heterocycles. The second kappa shape index (κ2) is 7.39. The van der Waals surface area contributed by atoms with E-state index in [1.807, 2.05) is 11.8 Å². The van der Waals surface area contributed by atoms with Crippen molar-refractivity contribution in [2.24, 2.45) is 5.73 Å². The van der Waals surface area contributed by atoms with Gasteiger partial charge in [0.25, 0.3) is 0 Å². The largest absolute Gasteiger partial charge is 0.402 e. The van der Waals surface area contributed by atoms with Gasteiger partial charge >= 0.3 is 0 Å². The Bertz CT molecular complexity index is 1050. The number of aromatic nitrogens is 1. The van der Waals surface area contributed by atoms with Gasteiger partial charge in [-0.05, 0) is 31.1 Å². The van der Waals surface area contributed by atoms with Crippen LogP contribution in [0, 0.1) is 0 Å². The molecule has 1 fully saturated rings. The number of allylic oxidation sites excluding steroid dienone is 3. The van der Waals surface area contributed by atoms with Gasteiger partial charge in [-0.1, -0.05) is 35.7 Å². The highest BCUT2D eigenvalue weighted by Gasteiger charge is 2.24. The number of ether oxygens (including phenoxy) is 1. The van der Waals surface area contributed by atoms with E-state index >= 15 is 0 Å². The molecule has 2 aromatic rings. The predicted octanol–water partition coefficient (Wildman–Crippen LogP) is 3.92. The summed E-state index contributed by atoms with van der Waals surface area (Å²) in [4.78, 5) is 22.7. The molecule has 0 unspecified atom stereocenters. The summed E-state index contributed by atoms with van der Waals surface area (Å²) in [5.41, 5.74) is 9.83. The van der Waals surface area contributed by atoms with Crippen molar-refractivity contribution in [2.45, 2.75) is 22.6 Å². The summed E-state index contributed by atoms with van der Waals surface area (Å²) in [6.45, 7) is 3.01. The summed E-state index contributed by atoms with van der Waals surface area (Å²) < 4.78 is 5.45. The highest BCUT2D eigenvalue weighted by Crippen LogP contribution is 2.53. The molecule has 0 spiro atoms. The number of morpholine rings is 1. The quantitative estimate of drug-likeness (QED) is 0.780. The van der Waals surface area contributed by atoms with Crippen molar-refractivity contribution < 1.29 is 4.74 Å². The average molecular weight is 412 g/mol. The second-order valence-corrected chi connectivity index (χ2v) is 9.25. The number of rotatable bonds is 2. The monoisotopic (exact) mass is 411 g/mol. The van der Waals surface area contributed by atoms with Crippen LogP contribution in [-0.4, -0.2) is 31.3 Å². The third-order valence-electron chi connectivity index (χ3n) is 5.15. The van der Waals surface area contributed by atoms with Crippen molar-refractivity contribution in [3.63, 3.8) is 0 Å². The molecule has 0 bridgehead atoms. The van der Waals surface area contributed by atoms with Gasteiger partial charge in [-0.2, -0.15) is 0 Å². The molecular formula is C21H21N3O2S2. The highest BCUT2D eigenvalue weighted by molar-refractivity contribution is 8.09. The van der Waals surface area contributed by atoms with Gasteiger partial charge in [0.1, 0.15) is 0 Å². The van der Waals surface area contributed by atoms with Crippen molar-refractivity contribution in [3.8, 4) is 11.3 Å². The fraction of sp³-hybridized carbons (Fsp3) is 0.286. The van der Waals surface area contributed by atoms with Crippen molar-refractivity contribution in [1.29, 1.82) is 0 Å². The molecule has 3 N–H and O–H groups in total. The number of hydrogen-bond acceptors (Lipinski definition) is 6. The second-order valence-electron chi connectivity index (χ2n) is 7.06. The van der Waals surface area contributed by atoms with Gasteiger partial charge in [-0.3, -0.25) is 4.79 Å². The number of anilines is 1. The van der Waals surface area contributed by atoms with Gasteiger partial charge in [0.2, 0.25) is 5.56 Å². The van der Waals surface area contributed by atoms with Crippen molar-refractivity contribution in [1.82, 2.24) is 4.98 Å². The number of hydrogen-bond donors (Lipinski definition) is 2. The van der Waals surface area contributed by atoms with E-state index in [-0.39, 0.29) is 5.56 Å². The molecule has 0 atom stereocenters. The van der Waals surface area contributed by atoms with Crippen LogP contribution in [0.15, 0.2) is 66.5 Å². The summed E-state index contributed by atoms with van der Waals surface area (Å²) >= 11 is 3.59. The number of nitrogens with one attached hydrogen (secondary N) is 1.